The number of halogens is 4. The molecule has 1 heterocycles. The molecule has 1 aliphatic rings. The number of likely N-dealkylation sites (tertiary alicyclic amines) is 1. The zero-order chi connectivity index (χ0) is 17.2. The Bertz CT molecular complexity index is 600. The van der Waals surface area contributed by atoms with Crippen molar-refractivity contribution >= 4 is 11.8 Å². The average molecular weight is 333 g/mol. The van der Waals surface area contributed by atoms with Crippen molar-refractivity contribution in [3.05, 3.63) is 35.4 Å². The molecule has 1 aromatic rings. The van der Waals surface area contributed by atoms with Crippen LogP contribution in [0.3, 0.4) is 0 Å². The lowest BCUT2D eigenvalue weighted by Crippen LogP contribution is -2.56. The van der Waals surface area contributed by atoms with E-state index >= 15 is 0 Å². The Balaban J connectivity index is 2.19. The zero-order valence-electron chi connectivity index (χ0n) is 12.3. The molecule has 1 atom stereocenters. The first kappa shape index (κ1) is 17.4. The monoisotopic (exact) mass is 333 g/mol. The van der Waals surface area contributed by atoms with Crippen molar-refractivity contribution < 1.29 is 31.9 Å². The molecule has 0 radical (unpaired) electrons. The molecule has 2 rings (SSSR count). The van der Waals surface area contributed by atoms with Gasteiger partial charge < -0.3 is 4.74 Å². The number of ketones is 1. The van der Waals surface area contributed by atoms with Gasteiger partial charge in [0.1, 0.15) is 17.6 Å². The molecule has 0 aromatic heterocycles. The smallest absolute Gasteiger partial charge is 0.318 e. The van der Waals surface area contributed by atoms with E-state index in [-0.39, 0.29) is 25.3 Å². The lowest BCUT2D eigenvalue weighted by atomic mass is 9.93. The number of esters is 1. The molecule has 1 unspecified atom stereocenters. The first-order chi connectivity index (χ1) is 10.7. The second kappa shape index (κ2) is 6.66. The maximum atomic E-state index is 13.8. The van der Waals surface area contributed by atoms with Gasteiger partial charge in [-0.1, -0.05) is 0 Å². The van der Waals surface area contributed by atoms with Crippen molar-refractivity contribution in [2.24, 2.45) is 5.92 Å². The quantitative estimate of drug-likeness (QED) is 0.481. The molecule has 1 aromatic carbocycles. The van der Waals surface area contributed by atoms with Gasteiger partial charge in [0.2, 0.25) is 5.78 Å². The summed E-state index contributed by atoms with van der Waals surface area (Å²) in [5.74, 6) is -9.51. The molecule has 126 valence electrons. The molecule has 0 amide bonds. The van der Waals surface area contributed by atoms with Crippen LogP contribution in [0.4, 0.5) is 17.6 Å². The summed E-state index contributed by atoms with van der Waals surface area (Å²) in [5.41, 5.74) is 0.134. The summed E-state index contributed by atoms with van der Waals surface area (Å²) in [4.78, 5) is 24.5. The van der Waals surface area contributed by atoms with Gasteiger partial charge in [0.15, 0.2) is 0 Å². The molecular weight excluding hydrogens is 318 g/mol. The molecule has 8 heteroatoms. The number of alkyl halides is 2. The fourth-order valence-corrected chi connectivity index (χ4v) is 2.52. The number of Topliss-reactive ketones (excluding diaryl/α,β-unsaturated/α-hetero) is 1. The SMILES string of the molecule is CCOC(=O)C1CN(Cc2cc(F)cc(F)c2)CC(F)(F)C1=O. The van der Waals surface area contributed by atoms with Gasteiger partial charge in [-0.25, -0.2) is 8.78 Å². The first-order valence-corrected chi connectivity index (χ1v) is 6.99. The number of ether oxygens (including phenoxy) is 1. The van der Waals surface area contributed by atoms with Crippen molar-refractivity contribution in [2.75, 3.05) is 19.7 Å². The fraction of sp³-hybridized carbons (Fsp3) is 0.467. The summed E-state index contributed by atoms with van der Waals surface area (Å²) in [6.45, 7) is 0.0403. The fourth-order valence-electron chi connectivity index (χ4n) is 2.52. The third-order valence-corrected chi connectivity index (χ3v) is 3.44. The van der Waals surface area contributed by atoms with E-state index in [2.05, 4.69) is 4.74 Å². The molecule has 1 aliphatic heterocycles. The second-order valence-electron chi connectivity index (χ2n) is 5.32. The van der Waals surface area contributed by atoms with Gasteiger partial charge in [-0.3, -0.25) is 14.5 Å². The Hall–Kier alpha value is -1.96. The Labute approximate surface area is 130 Å². The lowest BCUT2D eigenvalue weighted by Gasteiger charge is -2.35. The highest BCUT2D eigenvalue weighted by atomic mass is 19.3. The molecule has 0 bridgehead atoms. The Morgan fingerprint density at radius 3 is 2.48 bits per heavy atom. The topological polar surface area (TPSA) is 46.6 Å². The van der Waals surface area contributed by atoms with Crippen LogP contribution in [-0.2, 0) is 20.9 Å². The van der Waals surface area contributed by atoms with E-state index in [0.717, 1.165) is 17.0 Å². The van der Waals surface area contributed by atoms with E-state index in [4.69, 9.17) is 0 Å². The zero-order valence-corrected chi connectivity index (χ0v) is 12.3. The van der Waals surface area contributed by atoms with Crippen LogP contribution in [0.5, 0.6) is 0 Å². The maximum absolute atomic E-state index is 13.8. The average Bonchev–Trinajstić information content (AvgIpc) is 2.41. The number of piperidine rings is 1. The Morgan fingerprint density at radius 2 is 1.91 bits per heavy atom. The van der Waals surface area contributed by atoms with Gasteiger partial charge in [-0.05, 0) is 24.6 Å². The summed E-state index contributed by atoms with van der Waals surface area (Å²) >= 11 is 0. The molecule has 0 aliphatic carbocycles. The molecule has 0 spiro atoms. The predicted molar refractivity (Wildman–Crippen MR) is 71.7 cm³/mol. The maximum Gasteiger partial charge on any atom is 0.318 e. The first-order valence-electron chi connectivity index (χ1n) is 6.99. The Kier molecular flexibility index (Phi) is 5.03. The van der Waals surface area contributed by atoms with Crippen LogP contribution in [0.2, 0.25) is 0 Å². The van der Waals surface area contributed by atoms with E-state index in [9.17, 15) is 27.2 Å². The largest absolute Gasteiger partial charge is 0.465 e. The number of carbonyl (C=O) groups excluding carboxylic acids is 2. The van der Waals surface area contributed by atoms with Gasteiger partial charge >= 0.3 is 11.9 Å². The third kappa shape index (κ3) is 4.07. The number of carbonyl (C=O) groups is 2. The molecule has 1 fully saturated rings. The van der Waals surface area contributed by atoms with Crippen LogP contribution < -0.4 is 0 Å². The Morgan fingerprint density at radius 1 is 1.30 bits per heavy atom. The second-order valence-corrected chi connectivity index (χ2v) is 5.32. The normalized spacial score (nSPS) is 21.3. The summed E-state index contributed by atoms with van der Waals surface area (Å²) < 4.78 is 58.6. The molecular formula is C15H15F4NO3. The van der Waals surface area contributed by atoms with Crippen LogP contribution >= 0.6 is 0 Å². The van der Waals surface area contributed by atoms with Gasteiger partial charge in [0, 0.05) is 19.2 Å². The van der Waals surface area contributed by atoms with Crippen LogP contribution in [0.25, 0.3) is 0 Å². The van der Waals surface area contributed by atoms with Crippen molar-refractivity contribution in [3.8, 4) is 0 Å². The predicted octanol–water partition coefficient (Wildman–Crippen LogP) is 2.16. The summed E-state index contributed by atoms with van der Waals surface area (Å²) in [7, 11) is 0. The minimum absolute atomic E-state index is 0.0384. The van der Waals surface area contributed by atoms with E-state index < -0.39 is 41.8 Å². The van der Waals surface area contributed by atoms with Crippen molar-refractivity contribution in [1.29, 1.82) is 0 Å². The molecule has 0 saturated carbocycles. The number of benzene rings is 1. The standard InChI is InChI=1S/C15H15F4NO3/c1-2-23-14(22)12-7-20(8-15(18,19)13(12)21)6-9-3-10(16)5-11(17)4-9/h3-5,12H,2,6-8H2,1H3. The summed E-state index contributed by atoms with van der Waals surface area (Å²) in [5, 5.41) is 0. The number of hydrogen-bond acceptors (Lipinski definition) is 4. The van der Waals surface area contributed by atoms with Crippen LogP contribution in [0, 0.1) is 17.6 Å². The van der Waals surface area contributed by atoms with E-state index in [1.165, 1.54) is 6.92 Å². The van der Waals surface area contributed by atoms with Gasteiger partial charge in [-0.2, -0.15) is 8.78 Å². The van der Waals surface area contributed by atoms with E-state index in [1.54, 1.807) is 0 Å². The number of rotatable bonds is 4. The highest BCUT2D eigenvalue weighted by Crippen LogP contribution is 2.29. The van der Waals surface area contributed by atoms with Crippen molar-refractivity contribution in [3.63, 3.8) is 0 Å². The van der Waals surface area contributed by atoms with Gasteiger partial charge in [-0.15, -0.1) is 0 Å². The van der Waals surface area contributed by atoms with Crippen molar-refractivity contribution in [1.82, 2.24) is 4.90 Å². The van der Waals surface area contributed by atoms with Crippen LogP contribution in [0.1, 0.15) is 12.5 Å². The lowest BCUT2D eigenvalue weighted by molar-refractivity contribution is -0.170. The molecule has 23 heavy (non-hydrogen) atoms. The molecule has 4 nitrogen and oxygen atoms in total. The van der Waals surface area contributed by atoms with Crippen molar-refractivity contribution in [2.45, 2.75) is 19.4 Å². The highest BCUT2D eigenvalue weighted by molar-refractivity contribution is 6.03. The number of nitrogens with zero attached hydrogens (tertiary/aromatic N) is 1. The van der Waals surface area contributed by atoms with Crippen LogP contribution in [-0.4, -0.2) is 42.3 Å². The highest BCUT2D eigenvalue weighted by Gasteiger charge is 2.51. The number of hydrogen-bond donors (Lipinski definition) is 0. The van der Waals surface area contributed by atoms with Gasteiger partial charge in [0.25, 0.3) is 0 Å². The van der Waals surface area contributed by atoms with E-state index in [0.29, 0.717) is 6.07 Å². The van der Waals surface area contributed by atoms with Gasteiger partial charge in [0.05, 0.1) is 13.2 Å². The molecule has 0 N–H and O–H groups in total. The summed E-state index contributed by atoms with van der Waals surface area (Å²) in [6, 6.07) is 2.69. The minimum atomic E-state index is -3.72. The molecule has 1 saturated heterocycles. The third-order valence-electron chi connectivity index (χ3n) is 3.44. The van der Waals surface area contributed by atoms with Crippen LogP contribution in [0.15, 0.2) is 18.2 Å². The van der Waals surface area contributed by atoms with E-state index in [1.807, 2.05) is 0 Å². The summed E-state index contributed by atoms with van der Waals surface area (Å²) in [6.07, 6.45) is 0. The minimum Gasteiger partial charge on any atom is -0.465 e.